The Morgan fingerprint density at radius 1 is 0.687 bits per heavy atom. The molecule has 1 aromatic heterocycles. The van der Waals surface area contributed by atoms with Gasteiger partial charge in [0.2, 0.25) is 53.2 Å². The van der Waals surface area contributed by atoms with Crippen molar-refractivity contribution in [2.75, 3.05) is 32.7 Å². The van der Waals surface area contributed by atoms with E-state index in [2.05, 4.69) is 57.5 Å². The van der Waals surface area contributed by atoms with Gasteiger partial charge < -0.3 is 90.7 Å². The first kappa shape index (κ1) is 69.0. The van der Waals surface area contributed by atoms with E-state index >= 15 is 0 Å². The molecule has 0 radical (unpaired) electrons. The fourth-order valence-corrected chi connectivity index (χ4v) is 8.59. The van der Waals surface area contributed by atoms with Crippen LogP contribution in [0.3, 0.4) is 0 Å². The van der Waals surface area contributed by atoms with Gasteiger partial charge in [-0.05, 0) is 81.7 Å². The molecular formula is C54H84N16O13. The number of carboxylic acids is 1. The minimum Gasteiger partial charge on any atom is -0.480 e. The van der Waals surface area contributed by atoms with E-state index in [9.17, 15) is 63.3 Å². The Hall–Kier alpha value is -8.28. The number of rotatable bonds is 36. The van der Waals surface area contributed by atoms with Crippen LogP contribution in [0, 0.1) is 5.92 Å². The summed E-state index contributed by atoms with van der Waals surface area (Å²) in [7, 11) is 0. The van der Waals surface area contributed by atoms with Crippen LogP contribution in [0.1, 0.15) is 91.3 Å². The Morgan fingerprint density at radius 3 is 1.90 bits per heavy atom. The van der Waals surface area contributed by atoms with Crippen molar-refractivity contribution >= 4 is 75.9 Å². The maximum Gasteiger partial charge on any atom is 0.323 e. The van der Waals surface area contributed by atoms with E-state index in [0.29, 0.717) is 30.5 Å². The first-order valence-electron chi connectivity index (χ1n) is 27.5. The van der Waals surface area contributed by atoms with Gasteiger partial charge in [-0.25, -0.2) is 4.98 Å². The van der Waals surface area contributed by atoms with Gasteiger partial charge in [0.15, 0.2) is 5.96 Å². The number of hydrogen-bond acceptors (Lipinski definition) is 16. The number of nitrogens with two attached hydrogens (primary N) is 4. The van der Waals surface area contributed by atoms with E-state index in [1.807, 2.05) is 24.3 Å². The van der Waals surface area contributed by atoms with Gasteiger partial charge in [0, 0.05) is 37.8 Å². The Bertz CT molecular complexity index is 2680. The van der Waals surface area contributed by atoms with Crippen LogP contribution in [0.2, 0.25) is 0 Å². The molecule has 0 bridgehead atoms. The van der Waals surface area contributed by atoms with Crippen LogP contribution < -0.4 is 65.5 Å². The molecule has 0 spiro atoms. The summed E-state index contributed by atoms with van der Waals surface area (Å²) in [5, 5.41) is 52.7. The second-order valence-electron chi connectivity index (χ2n) is 20.3. The topological polar surface area (TPSA) is 476 Å². The quantitative estimate of drug-likeness (QED) is 0.0150. The first-order valence-corrected chi connectivity index (χ1v) is 27.5. The Balaban J connectivity index is 1.82. The molecule has 0 saturated carbocycles. The highest BCUT2D eigenvalue weighted by molar-refractivity contribution is 5.99. The number of H-pyrrole nitrogens is 1. The van der Waals surface area contributed by atoms with Crippen molar-refractivity contribution in [1.82, 2.24) is 57.4 Å². The second kappa shape index (κ2) is 34.9. The minimum absolute atomic E-state index is 0.00650. The molecule has 0 aliphatic rings. The number of hydrogen-bond donors (Lipinski definition) is 16. The largest absolute Gasteiger partial charge is 0.480 e. The molecule has 1 unspecified atom stereocenters. The number of benzene rings is 2. The lowest BCUT2D eigenvalue weighted by molar-refractivity contribution is -0.146. The third-order valence-corrected chi connectivity index (χ3v) is 13.4. The third-order valence-electron chi connectivity index (χ3n) is 13.4. The molecular weight excluding hydrogens is 1080 g/mol. The number of carbonyl (C=O) groups is 10. The number of amides is 9. The van der Waals surface area contributed by atoms with Crippen molar-refractivity contribution in [1.29, 1.82) is 0 Å². The number of nitrogens with zero attached hydrogens (tertiary/aromatic N) is 3. The van der Waals surface area contributed by atoms with Gasteiger partial charge in [0.05, 0.1) is 31.1 Å². The molecule has 29 heteroatoms. The summed E-state index contributed by atoms with van der Waals surface area (Å²) < 4.78 is 0. The molecule has 29 nitrogen and oxygen atoms in total. The van der Waals surface area contributed by atoms with E-state index < -0.39 is 139 Å². The summed E-state index contributed by atoms with van der Waals surface area (Å²) >= 11 is 0. The fraction of sp³-hybridized carbons (Fsp3) is 0.556. The van der Waals surface area contributed by atoms with Gasteiger partial charge in [-0.2, -0.15) is 0 Å². The van der Waals surface area contributed by atoms with Gasteiger partial charge in [-0.15, -0.1) is 0 Å². The molecule has 83 heavy (non-hydrogen) atoms. The predicted molar refractivity (Wildman–Crippen MR) is 306 cm³/mol. The highest BCUT2D eigenvalue weighted by Crippen LogP contribution is 2.21. The summed E-state index contributed by atoms with van der Waals surface area (Å²) in [6, 6.07) is 1.43. The zero-order chi connectivity index (χ0) is 61.9. The Kier molecular flexibility index (Phi) is 29.0. The molecule has 1 heterocycles. The average molecular weight is 1170 g/mol. The number of carboxylic acid groups (broad SMARTS) is 1. The smallest absolute Gasteiger partial charge is 0.323 e. The second-order valence-corrected chi connectivity index (χ2v) is 20.3. The molecule has 0 fully saturated rings. The number of nitrogens with one attached hydrogen (secondary N) is 9. The average Bonchev–Trinajstić information content (AvgIpc) is 4.13. The zero-order valence-electron chi connectivity index (χ0n) is 47.8. The third kappa shape index (κ3) is 22.9. The number of aromatic nitrogens is 2. The number of aromatic amines is 1. The van der Waals surface area contributed by atoms with Crippen molar-refractivity contribution in [2.45, 2.75) is 153 Å². The van der Waals surface area contributed by atoms with Crippen molar-refractivity contribution < 1.29 is 63.3 Å². The standard InChI is InChI=1S/C54H84N16O13/c1-7-22-70(27-42(74)75)53(83)43(29(3)8-2)67-48(78)38(19-12-20-55)64-41(73)26-61-51(81)44(31(5)71)69-52(82)45(32(6)72)68-50(80)40(24-35-25-59-28-62-35)66-49(79)39(23-34-16-11-15-33-14-9-10-17-36(33)34)65-46(76)30(4)63-47(77)37(56)18-13-21-60-54(57)58/h9-11,14-17,25,28-32,37-40,43-45,71-72H,7-8,12-13,18-24,26-27,55-56H2,1-6H3,(H,59,62)(H,61,81)(H,63,77)(H,64,73)(H,65,76)(H,66,79)(H,67,78)(H,68,80)(H,69,82)(H,74,75)(H4,57,58,60)/t29?,30-,31+,32+,37-,38-,39-,40-,43-,44-,45-/m0/s1. The molecule has 11 atom stereocenters. The summed E-state index contributed by atoms with van der Waals surface area (Å²) in [6.45, 7) is 8.01. The number of aliphatic imine (C=N–C) groups is 1. The van der Waals surface area contributed by atoms with Crippen molar-refractivity contribution in [3.8, 4) is 0 Å². The number of imidazole rings is 1. The number of aliphatic hydroxyl groups is 2. The van der Waals surface area contributed by atoms with E-state index in [1.54, 1.807) is 39.0 Å². The Morgan fingerprint density at radius 2 is 1.29 bits per heavy atom. The summed E-state index contributed by atoms with van der Waals surface area (Å²) in [6.07, 6.45) is 0.660. The predicted octanol–water partition coefficient (Wildman–Crippen LogP) is -3.87. The minimum atomic E-state index is -1.85. The van der Waals surface area contributed by atoms with Crippen molar-refractivity contribution in [2.24, 2.45) is 33.8 Å². The van der Waals surface area contributed by atoms with Gasteiger partial charge in [0.1, 0.15) is 48.8 Å². The van der Waals surface area contributed by atoms with Gasteiger partial charge >= 0.3 is 5.97 Å². The van der Waals surface area contributed by atoms with Crippen molar-refractivity contribution in [3.05, 3.63) is 66.2 Å². The van der Waals surface area contributed by atoms with Crippen LogP contribution >= 0.6 is 0 Å². The van der Waals surface area contributed by atoms with Gasteiger partial charge in [-0.1, -0.05) is 69.7 Å². The monoisotopic (exact) mass is 1160 g/mol. The normalized spacial score (nSPS) is 15.1. The Labute approximate surface area is 481 Å². The maximum atomic E-state index is 14.5. The van der Waals surface area contributed by atoms with E-state index in [1.165, 1.54) is 19.4 Å². The molecule has 458 valence electrons. The number of carbonyl (C=O) groups excluding carboxylic acids is 9. The van der Waals surface area contributed by atoms with Gasteiger partial charge in [-0.3, -0.25) is 52.9 Å². The van der Waals surface area contributed by atoms with Crippen LogP contribution in [0.25, 0.3) is 10.8 Å². The maximum absolute atomic E-state index is 14.5. The molecule has 3 rings (SSSR count). The van der Waals surface area contributed by atoms with Crippen LogP contribution in [0.5, 0.6) is 0 Å². The van der Waals surface area contributed by atoms with E-state index in [0.717, 1.165) is 29.5 Å². The number of fused-ring (bicyclic) bond motifs is 1. The summed E-state index contributed by atoms with van der Waals surface area (Å²) in [5.74, 6) is -9.72. The molecule has 20 N–H and O–H groups in total. The molecule has 3 aromatic rings. The SMILES string of the molecule is CCCN(CC(=O)O)C(=O)[C@@H](NC(=O)[C@H](CCCN)NC(=O)CNC(=O)[C@@H](NC(=O)[C@@H](NC(=O)[C@H](Cc1cnc[nH]1)NC(=O)[C@H](Cc1cccc2ccccc12)NC(=O)[C@H](C)NC(=O)[C@@H](N)CCCN=C(N)N)[C@@H](C)O)[C@@H](C)O)C(C)CC. The number of guanidine groups is 1. The lowest BCUT2D eigenvalue weighted by Crippen LogP contribution is -2.63. The first-order chi connectivity index (χ1) is 39.3. The zero-order valence-corrected chi connectivity index (χ0v) is 47.8. The van der Waals surface area contributed by atoms with Crippen LogP contribution in [-0.4, -0.2) is 189 Å². The molecule has 0 aliphatic carbocycles. The van der Waals surface area contributed by atoms with E-state index in [-0.39, 0.29) is 57.7 Å². The van der Waals surface area contributed by atoms with Crippen molar-refractivity contribution in [3.63, 3.8) is 0 Å². The highest BCUT2D eigenvalue weighted by atomic mass is 16.4. The highest BCUT2D eigenvalue weighted by Gasteiger charge is 2.37. The lowest BCUT2D eigenvalue weighted by atomic mass is 9.96. The molecule has 9 amide bonds. The summed E-state index contributed by atoms with van der Waals surface area (Å²) in [5.41, 5.74) is 23.5. The van der Waals surface area contributed by atoms with Crippen LogP contribution in [0.4, 0.5) is 0 Å². The van der Waals surface area contributed by atoms with Crippen LogP contribution in [0.15, 0.2) is 60.0 Å². The fourth-order valence-electron chi connectivity index (χ4n) is 8.59. The molecule has 0 saturated heterocycles. The number of aliphatic carboxylic acids is 1. The lowest BCUT2D eigenvalue weighted by Gasteiger charge is -2.31. The number of aliphatic hydroxyl groups excluding tert-OH is 2. The van der Waals surface area contributed by atoms with E-state index in [4.69, 9.17) is 22.9 Å². The molecule has 0 aliphatic heterocycles. The molecule has 2 aromatic carbocycles. The summed E-state index contributed by atoms with van der Waals surface area (Å²) in [4.78, 5) is 147. The van der Waals surface area contributed by atoms with Crippen LogP contribution in [-0.2, 0) is 60.8 Å². The van der Waals surface area contributed by atoms with Gasteiger partial charge in [0.25, 0.3) is 0 Å².